The molecule has 2 fully saturated rings. The highest BCUT2D eigenvalue weighted by molar-refractivity contribution is 5.78. The molecule has 0 aliphatic carbocycles. The zero-order chi connectivity index (χ0) is 16.1. The van der Waals surface area contributed by atoms with Crippen LogP contribution in [0.25, 0.3) is 0 Å². The van der Waals surface area contributed by atoms with E-state index >= 15 is 0 Å². The third-order valence-corrected chi connectivity index (χ3v) is 4.74. The van der Waals surface area contributed by atoms with Crippen molar-refractivity contribution in [2.24, 2.45) is 0 Å². The Morgan fingerprint density at radius 1 is 1.39 bits per heavy atom. The Balaban J connectivity index is 1.54. The number of carbonyl (C=O) groups excluding carboxylic acids is 1. The number of nitrogens with zero attached hydrogens (tertiary/aromatic N) is 1. The first-order valence-corrected chi connectivity index (χ1v) is 8.52. The predicted octanol–water partition coefficient (Wildman–Crippen LogP) is 2.13. The second kappa shape index (κ2) is 7.79. The molecule has 2 heterocycles. The number of likely N-dealkylation sites (tertiary alicyclic amines) is 1. The molecule has 2 aliphatic rings. The van der Waals surface area contributed by atoms with E-state index in [-0.39, 0.29) is 12.0 Å². The van der Waals surface area contributed by atoms with Crippen LogP contribution in [0, 0.1) is 0 Å². The normalized spacial score (nSPS) is 24.7. The maximum atomic E-state index is 12.2. The van der Waals surface area contributed by atoms with Gasteiger partial charge in [0.15, 0.2) is 0 Å². The Kier molecular flexibility index (Phi) is 5.51. The van der Waals surface area contributed by atoms with Crippen LogP contribution in [0.3, 0.4) is 0 Å². The van der Waals surface area contributed by atoms with Crippen molar-refractivity contribution in [2.45, 2.75) is 37.8 Å². The van der Waals surface area contributed by atoms with Crippen LogP contribution in [-0.4, -0.2) is 50.3 Å². The summed E-state index contributed by atoms with van der Waals surface area (Å²) >= 11 is 0. The highest BCUT2D eigenvalue weighted by Gasteiger charge is 2.28. The van der Waals surface area contributed by atoms with Gasteiger partial charge in [0.1, 0.15) is 5.75 Å². The SMILES string of the molecule is COc1cccc([C@H]2CCCN2CC(=O)NC[C@@H]2CCCO2)c1. The predicted molar refractivity (Wildman–Crippen MR) is 88.5 cm³/mol. The van der Waals surface area contributed by atoms with E-state index in [0.717, 1.165) is 44.6 Å². The van der Waals surface area contributed by atoms with Crippen LogP contribution in [0.1, 0.15) is 37.3 Å². The van der Waals surface area contributed by atoms with Gasteiger partial charge in [-0.1, -0.05) is 12.1 Å². The Morgan fingerprint density at radius 2 is 2.30 bits per heavy atom. The van der Waals surface area contributed by atoms with Crippen molar-refractivity contribution in [2.75, 3.05) is 33.4 Å². The van der Waals surface area contributed by atoms with Gasteiger partial charge in [-0.3, -0.25) is 9.69 Å². The number of amides is 1. The Labute approximate surface area is 137 Å². The van der Waals surface area contributed by atoms with Gasteiger partial charge in [0.05, 0.1) is 19.8 Å². The van der Waals surface area contributed by atoms with Crippen LogP contribution in [0.5, 0.6) is 5.75 Å². The number of benzene rings is 1. The number of ether oxygens (including phenoxy) is 2. The summed E-state index contributed by atoms with van der Waals surface area (Å²) < 4.78 is 10.9. The maximum Gasteiger partial charge on any atom is 0.234 e. The molecular weight excluding hydrogens is 292 g/mol. The summed E-state index contributed by atoms with van der Waals surface area (Å²) in [6, 6.07) is 8.47. The highest BCUT2D eigenvalue weighted by atomic mass is 16.5. The molecule has 1 aromatic rings. The fraction of sp³-hybridized carbons (Fsp3) is 0.611. The van der Waals surface area contributed by atoms with Crippen molar-refractivity contribution in [3.05, 3.63) is 29.8 Å². The first-order valence-electron chi connectivity index (χ1n) is 8.52. The fourth-order valence-corrected chi connectivity index (χ4v) is 3.52. The van der Waals surface area contributed by atoms with Crippen LogP contribution < -0.4 is 10.1 Å². The molecule has 0 aromatic heterocycles. The van der Waals surface area contributed by atoms with Gasteiger partial charge in [0.2, 0.25) is 5.91 Å². The van der Waals surface area contributed by atoms with E-state index in [4.69, 9.17) is 9.47 Å². The monoisotopic (exact) mass is 318 g/mol. The number of rotatable bonds is 6. The van der Waals surface area contributed by atoms with E-state index in [1.807, 2.05) is 12.1 Å². The first-order chi connectivity index (χ1) is 11.3. The largest absolute Gasteiger partial charge is 0.497 e. The maximum absolute atomic E-state index is 12.2. The first kappa shape index (κ1) is 16.3. The summed E-state index contributed by atoms with van der Waals surface area (Å²) in [6.07, 6.45) is 4.57. The van der Waals surface area contributed by atoms with Crippen LogP contribution in [0.2, 0.25) is 0 Å². The average molecular weight is 318 g/mol. The van der Waals surface area contributed by atoms with Crippen molar-refractivity contribution in [3.63, 3.8) is 0 Å². The van der Waals surface area contributed by atoms with Gasteiger partial charge in [-0.05, 0) is 49.9 Å². The fourth-order valence-electron chi connectivity index (χ4n) is 3.52. The van der Waals surface area contributed by atoms with Crippen LogP contribution in [-0.2, 0) is 9.53 Å². The molecule has 126 valence electrons. The standard InChI is InChI=1S/C18H26N2O3/c1-22-15-6-2-5-14(11-15)17-8-3-9-20(17)13-18(21)19-12-16-7-4-10-23-16/h2,5-6,11,16-17H,3-4,7-10,12-13H2,1H3,(H,19,21)/t16-,17+/m0/s1. The molecule has 0 saturated carbocycles. The third-order valence-electron chi connectivity index (χ3n) is 4.74. The molecule has 1 aromatic carbocycles. The van der Waals surface area contributed by atoms with Gasteiger partial charge in [0.25, 0.3) is 0 Å². The lowest BCUT2D eigenvalue weighted by Gasteiger charge is -2.24. The lowest BCUT2D eigenvalue weighted by atomic mass is 10.0. The van der Waals surface area contributed by atoms with E-state index in [1.54, 1.807) is 7.11 Å². The molecule has 0 radical (unpaired) electrons. The molecule has 2 saturated heterocycles. The van der Waals surface area contributed by atoms with Crippen LogP contribution >= 0.6 is 0 Å². The minimum Gasteiger partial charge on any atom is -0.497 e. The van der Waals surface area contributed by atoms with Gasteiger partial charge < -0.3 is 14.8 Å². The Morgan fingerprint density at radius 3 is 3.09 bits per heavy atom. The number of nitrogens with one attached hydrogen (secondary N) is 1. The topological polar surface area (TPSA) is 50.8 Å². The number of hydrogen-bond acceptors (Lipinski definition) is 4. The molecule has 0 unspecified atom stereocenters. The lowest BCUT2D eigenvalue weighted by molar-refractivity contribution is -0.123. The van der Waals surface area contributed by atoms with Gasteiger partial charge in [-0.15, -0.1) is 0 Å². The second-order valence-corrected chi connectivity index (χ2v) is 6.34. The summed E-state index contributed by atoms with van der Waals surface area (Å²) in [5.41, 5.74) is 1.23. The second-order valence-electron chi connectivity index (χ2n) is 6.34. The Hall–Kier alpha value is -1.59. The van der Waals surface area contributed by atoms with E-state index in [9.17, 15) is 4.79 Å². The van der Waals surface area contributed by atoms with Gasteiger partial charge >= 0.3 is 0 Å². The van der Waals surface area contributed by atoms with E-state index in [1.165, 1.54) is 5.56 Å². The molecule has 5 nitrogen and oxygen atoms in total. The van der Waals surface area contributed by atoms with E-state index in [0.29, 0.717) is 19.1 Å². The van der Waals surface area contributed by atoms with Crippen molar-refractivity contribution in [1.29, 1.82) is 0 Å². The van der Waals surface area contributed by atoms with Crippen molar-refractivity contribution in [1.82, 2.24) is 10.2 Å². The zero-order valence-electron chi connectivity index (χ0n) is 13.8. The molecule has 23 heavy (non-hydrogen) atoms. The highest BCUT2D eigenvalue weighted by Crippen LogP contribution is 2.33. The van der Waals surface area contributed by atoms with Crippen molar-refractivity contribution in [3.8, 4) is 5.75 Å². The molecule has 0 spiro atoms. The molecule has 1 amide bonds. The molecule has 2 atom stereocenters. The zero-order valence-corrected chi connectivity index (χ0v) is 13.8. The van der Waals surface area contributed by atoms with Gasteiger partial charge in [-0.25, -0.2) is 0 Å². The van der Waals surface area contributed by atoms with Gasteiger partial charge in [-0.2, -0.15) is 0 Å². The molecule has 5 heteroatoms. The third kappa shape index (κ3) is 4.24. The quantitative estimate of drug-likeness (QED) is 0.873. The Bertz CT molecular complexity index is 529. The number of hydrogen-bond donors (Lipinski definition) is 1. The summed E-state index contributed by atoms with van der Waals surface area (Å²) in [7, 11) is 1.68. The van der Waals surface area contributed by atoms with Crippen molar-refractivity contribution < 1.29 is 14.3 Å². The van der Waals surface area contributed by atoms with Gasteiger partial charge in [0, 0.05) is 19.2 Å². The molecule has 2 aliphatic heterocycles. The van der Waals surface area contributed by atoms with E-state index < -0.39 is 0 Å². The number of carbonyl (C=O) groups is 1. The van der Waals surface area contributed by atoms with E-state index in [2.05, 4.69) is 22.3 Å². The van der Waals surface area contributed by atoms with Crippen molar-refractivity contribution >= 4 is 5.91 Å². The van der Waals surface area contributed by atoms with Crippen LogP contribution in [0.4, 0.5) is 0 Å². The minimum atomic E-state index is 0.0929. The average Bonchev–Trinajstić information content (AvgIpc) is 3.24. The molecular formula is C18H26N2O3. The summed E-state index contributed by atoms with van der Waals surface area (Å²) in [4.78, 5) is 14.5. The summed E-state index contributed by atoms with van der Waals surface area (Å²) in [5.74, 6) is 0.965. The molecule has 1 N–H and O–H groups in total. The minimum absolute atomic E-state index is 0.0929. The smallest absolute Gasteiger partial charge is 0.234 e. The van der Waals surface area contributed by atoms with Crippen LogP contribution in [0.15, 0.2) is 24.3 Å². The lowest BCUT2D eigenvalue weighted by Crippen LogP contribution is -2.39. The summed E-state index contributed by atoms with van der Waals surface area (Å²) in [6.45, 7) is 2.88. The molecule has 3 rings (SSSR count). The molecule has 0 bridgehead atoms. The number of methoxy groups -OCH3 is 1. The summed E-state index contributed by atoms with van der Waals surface area (Å²) in [5, 5.41) is 3.02.